The van der Waals surface area contributed by atoms with E-state index in [4.69, 9.17) is 0 Å². The van der Waals surface area contributed by atoms with Gasteiger partial charge in [-0.25, -0.2) is 0 Å². The number of carbonyl (C=O) groups excluding carboxylic acids is 1. The molecule has 93 valence electrons. The average Bonchev–Trinajstić information content (AvgIpc) is 2.35. The van der Waals surface area contributed by atoms with Crippen LogP contribution in [0.4, 0.5) is 5.69 Å². The first-order chi connectivity index (χ1) is 7.70. The summed E-state index contributed by atoms with van der Waals surface area (Å²) in [5, 5.41) is 3.82. The van der Waals surface area contributed by atoms with Crippen LogP contribution in [0.3, 0.4) is 0 Å². The Bertz CT molecular complexity index is 296. The minimum atomic E-state index is -0.263. The SMILES string of the molecule is C=C(C)C(=O)[N-]c1ccccc1.CC.CC.[Y]. The summed E-state index contributed by atoms with van der Waals surface area (Å²) in [6.45, 7) is 13.2. The zero-order valence-corrected chi connectivity index (χ0v) is 14.4. The number of amides is 1. The van der Waals surface area contributed by atoms with E-state index >= 15 is 0 Å². The molecule has 1 radical (unpaired) electrons. The van der Waals surface area contributed by atoms with E-state index in [1.54, 1.807) is 19.1 Å². The van der Waals surface area contributed by atoms with E-state index in [1.165, 1.54) is 0 Å². The van der Waals surface area contributed by atoms with E-state index in [-0.39, 0.29) is 38.6 Å². The van der Waals surface area contributed by atoms with Gasteiger partial charge in [0.15, 0.2) is 0 Å². The standard InChI is InChI=1S/C10H11NO.2C2H6.Y/c1-8(2)10(12)11-9-6-4-3-5-7-9;2*1-2;/h3-7H,1H2,2H3,(H,11,12);2*1-2H3;/p-1. The van der Waals surface area contributed by atoms with E-state index < -0.39 is 0 Å². The van der Waals surface area contributed by atoms with Crippen molar-refractivity contribution >= 4 is 11.6 Å². The summed E-state index contributed by atoms with van der Waals surface area (Å²) in [6, 6.07) is 9.11. The van der Waals surface area contributed by atoms with Crippen LogP contribution in [0.5, 0.6) is 0 Å². The van der Waals surface area contributed by atoms with Crippen molar-refractivity contribution < 1.29 is 37.5 Å². The number of rotatable bonds is 2. The Labute approximate surface area is 131 Å². The largest absolute Gasteiger partial charge is 0.623 e. The molecule has 0 aliphatic rings. The van der Waals surface area contributed by atoms with Gasteiger partial charge in [-0.1, -0.05) is 64.6 Å². The molecule has 2 nitrogen and oxygen atoms in total. The van der Waals surface area contributed by atoms with Gasteiger partial charge in [0.05, 0.1) is 5.91 Å². The minimum absolute atomic E-state index is 0. The number of hydrogen-bond acceptors (Lipinski definition) is 1. The van der Waals surface area contributed by atoms with Crippen molar-refractivity contribution in [2.24, 2.45) is 0 Å². The summed E-state index contributed by atoms with van der Waals surface area (Å²) in [5.41, 5.74) is 1.13. The maximum absolute atomic E-state index is 11.0. The Hall–Kier alpha value is -0.466. The first-order valence-corrected chi connectivity index (χ1v) is 5.67. The molecule has 0 unspecified atom stereocenters. The number of carbonyl (C=O) groups is 1. The number of hydrogen-bond donors (Lipinski definition) is 0. The van der Waals surface area contributed by atoms with Gasteiger partial charge in [-0.05, 0) is 12.5 Å². The van der Waals surface area contributed by atoms with Crippen molar-refractivity contribution in [3.05, 3.63) is 47.8 Å². The maximum Gasteiger partial charge on any atom is 0.0803 e. The molecule has 0 N–H and O–H groups in total. The van der Waals surface area contributed by atoms with E-state index in [0.29, 0.717) is 11.3 Å². The maximum atomic E-state index is 11.0. The zero-order chi connectivity index (χ0) is 13.0. The Kier molecular flexibility index (Phi) is 19.9. The topological polar surface area (TPSA) is 31.2 Å². The van der Waals surface area contributed by atoms with E-state index in [2.05, 4.69) is 11.9 Å². The normalized spacial score (nSPS) is 7.12. The first-order valence-electron chi connectivity index (χ1n) is 5.67. The van der Waals surface area contributed by atoms with Crippen molar-refractivity contribution in [2.75, 3.05) is 0 Å². The molecule has 0 saturated heterocycles. The molecule has 0 atom stereocenters. The second-order valence-electron chi connectivity index (χ2n) is 2.53. The van der Waals surface area contributed by atoms with E-state index in [9.17, 15) is 4.79 Å². The number of para-hydroxylation sites is 1. The Morgan fingerprint density at radius 3 is 1.82 bits per heavy atom. The molecular formula is C14H22NOY-. The van der Waals surface area contributed by atoms with Gasteiger partial charge < -0.3 is 10.1 Å². The Morgan fingerprint density at radius 1 is 1.06 bits per heavy atom. The Balaban J connectivity index is -0.000000355. The van der Waals surface area contributed by atoms with Crippen molar-refractivity contribution in [1.29, 1.82) is 0 Å². The Morgan fingerprint density at radius 2 is 1.47 bits per heavy atom. The molecule has 0 aromatic heterocycles. The monoisotopic (exact) mass is 309 g/mol. The van der Waals surface area contributed by atoms with Crippen LogP contribution < -0.4 is 0 Å². The van der Waals surface area contributed by atoms with Gasteiger partial charge in [-0.15, -0.1) is 5.69 Å². The number of nitrogens with zero attached hydrogens (tertiary/aromatic N) is 1. The van der Waals surface area contributed by atoms with Gasteiger partial charge in [0.1, 0.15) is 0 Å². The fraction of sp³-hybridized carbons (Fsp3) is 0.357. The second kappa shape index (κ2) is 15.5. The predicted molar refractivity (Wildman–Crippen MR) is 72.0 cm³/mol. The number of benzene rings is 1. The zero-order valence-electron chi connectivity index (χ0n) is 11.5. The molecule has 0 aliphatic carbocycles. The molecule has 1 rings (SSSR count). The summed E-state index contributed by atoms with van der Waals surface area (Å²) in [5.74, 6) is -0.263. The van der Waals surface area contributed by atoms with Crippen molar-refractivity contribution in [2.45, 2.75) is 34.6 Å². The van der Waals surface area contributed by atoms with Gasteiger partial charge in [0.25, 0.3) is 0 Å². The van der Waals surface area contributed by atoms with Crippen LogP contribution in [-0.4, -0.2) is 5.91 Å². The molecule has 0 spiro atoms. The quantitative estimate of drug-likeness (QED) is 0.719. The van der Waals surface area contributed by atoms with Gasteiger partial charge in [-0.2, -0.15) is 0 Å². The van der Waals surface area contributed by atoms with Crippen LogP contribution in [0.15, 0.2) is 42.5 Å². The first kappa shape index (κ1) is 21.8. The molecule has 0 bridgehead atoms. The van der Waals surface area contributed by atoms with Crippen molar-refractivity contribution in [3.63, 3.8) is 0 Å². The second-order valence-corrected chi connectivity index (χ2v) is 2.53. The molecule has 0 heterocycles. The van der Waals surface area contributed by atoms with E-state index in [1.807, 2.05) is 45.9 Å². The van der Waals surface area contributed by atoms with Gasteiger partial charge in [0, 0.05) is 32.7 Å². The fourth-order valence-corrected chi connectivity index (χ4v) is 0.715. The molecule has 17 heavy (non-hydrogen) atoms. The molecular weight excluding hydrogens is 287 g/mol. The summed E-state index contributed by atoms with van der Waals surface area (Å²) in [4.78, 5) is 11.0. The minimum Gasteiger partial charge on any atom is -0.623 e. The van der Waals surface area contributed by atoms with Gasteiger partial charge in [0.2, 0.25) is 0 Å². The third-order valence-electron chi connectivity index (χ3n) is 1.35. The van der Waals surface area contributed by atoms with Gasteiger partial charge >= 0.3 is 0 Å². The summed E-state index contributed by atoms with van der Waals surface area (Å²) >= 11 is 0. The van der Waals surface area contributed by atoms with Crippen LogP contribution in [-0.2, 0) is 37.5 Å². The molecule has 1 amide bonds. The van der Waals surface area contributed by atoms with Crippen molar-refractivity contribution in [3.8, 4) is 0 Å². The van der Waals surface area contributed by atoms with E-state index in [0.717, 1.165) is 0 Å². The molecule has 3 heteroatoms. The predicted octanol–water partition coefficient (Wildman–Crippen LogP) is 4.84. The molecule has 0 aliphatic heterocycles. The van der Waals surface area contributed by atoms with Crippen molar-refractivity contribution in [1.82, 2.24) is 0 Å². The smallest absolute Gasteiger partial charge is 0.0803 e. The fourth-order valence-electron chi connectivity index (χ4n) is 0.715. The van der Waals surface area contributed by atoms with Gasteiger partial charge in [-0.3, -0.25) is 0 Å². The van der Waals surface area contributed by atoms with Crippen LogP contribution in [0, 0.1) is 0 Å². The average molecular weight is 309 g/mol. The van der Waals surface area contributed by atoms with Crippen LogP contribution in [0.1, 0.15) is 34.6 Å². The molecule has 0 saturated carbocycles. The van der Waals surface area contributed by atoms with Crippen LogP contribution in [0.25, 0.3) is 5.32 Å². The third-order valence-corrected chi connectivity index (χ3v) is 1.35. The molecule has 1 aromatic rings. The summed E-state index contributed by atoms with van der Waals surface area (Å²) in [6.07, 6.45) is 0. The molecule has 1 aromatic carbocycles. The summed E-state index contributed by atoms with van der Waals surface area (Å²) in [7, 11) is 0. The van der Waals surface area contributed by atoms with Crippen LogP contribution >= 0.6 is 0 Å². The summed E-state index contributed by atoms with van der Waals surface area (Å²) < 4.78 is 0. The van der Waals surface area contributed by atoms with Crippen LogP contribution in [0.2, 0.25) is 0 Å². The third kappa shape index (κ3) is 11.8. The molecule has 0 fully saturated rings.